The number of ether oxygens (including phenoxy) is 1. The van der Waals surface area contributed by atoms with Crippen molar-refractivity contribution in [2.75, 3.05) is 0 Å². The van der Waals surface area contributed by atoms with Gasteiger partial charge in [-0.05, 0) is 29.8 Å². The molecule has 1 aromatic heterocycles. The summed E-state index contributed by atoms with van der Waals surface area (Å²) in [4.78, 5) is 28.9. The zero-order valence-electron chi connectivity index (χ0n) is 15.9. The van der Waals surface area contributed by atoms with Crippen molar-refractivity contribution in [3.63, 3.8) is 0 Å². The summed E-state index contributed by atoms with van der Waals surface area (Å²) in [5.41, 5.74) is 2.70. The third kappa shape index (κ3) is 4.34. The van der Waals surface area contributed by atoms with E-state index in [9.17, 15) is 9.59 Å². The predicted octanol–water partition coefficient (Wildman–Crippen LogP) is 6.00. The minimum Gasteiger partial charge on any atom is -0.446 e. The van der Waals surface area contributed by atoms with Crippen molar-refractivity contribution in [2.45, 2.75) is 6.10 Å². The van der Waals surface area contributed by atoms with Gasteiger partial charge in [-0.2, -0.15) is 0 Å². The molecule has 4 rings (SSSR count). The number of carbonyl (C=O) groups excluding carboxylic acids is 2. The summed E-state index contributed by atoms with van der Waals surface area (Å²) in [6.07, 6.45) is 3.50. The highest BCUT2D eigenvalue weighted by molar-refractivity contribution is 6.30. The maximum Gasteiger partial charge on any atom is 0.331 e. The Labute approximate surface area is 178 Å². The first-order chi connectivity index (χ1) is 14.6. The third-order valence-corrected chi connectivity index (χ3v) is 4.92. The number of halogens is 1. The molecule has 1 atom stereocenters. The molecule has 30 heavy (non-hydrogen) atoms. The standard InChI is InChI=1S/C25H18ClNO3/c26-19-10-6-7-17(15-19)13-14-23(28)30-25(18-8-2-1-3-9-18)24(29)21-16-27-22-12-5-4-11-20(21)22/h1-16,25,27H. The number of aromatic amines is 1. The maximum absolute atomic E-state index is 13.3. The lowest BCUT2D eigenvalue weighted by molar-refractivity contribution is -0.141. The van der Waals surface area contributed by atoms with Crippen LogP contribution in [0.1, 0.15) is 27.6 Å². The quantitative estimate of drug-likeness (QED) is 0.238. The topological polar surface area (TPSA) is 59.2 Å². The lowest BCUT2D eigenvalue weighted by atomic mass is 9.99. The zero-order chi connectivity index (χ0) is 20.9. The largest absolute Gasteiger partial charge is 0.446 e. The van der Waals surface area contributed by atoms with E-state index in [2.05, 4.69) is 4.98 Å². The van der Waals surface area contributed by atoms with Crippen LogP contribution in [0.15, 0.2) is 91.1 Å². The number of esters is 1. The average molecular weight is 416 g/mol. The first-order valence-electron chi connectivity index (χ1n) is 9.41. The van der Waals surface area contributed by atoms with Gasteiger partial charge in [-0.25, -0.2) is 4.79 Å². The molecule has 0 aliphatic carbocycles. The first-order valence-corrected chi connectivity index (χ1v) is 9.79. The normalized spacial score (nSPS) is 12.2. The molecule has 1 N–H and O–H groups in total. The lowest BCUT2D eigenvalue weighted by Crippen LogP contribution is -2.19. The number of fused-ring (bicyclic) bond motifs is 1. The van der Waals surface area contributed by atoms with Gasteiger partial charge >= 0.3 is 5.97 Å². The van der Waals surface area contributed by atoms with Crippen molar-refractivity contribution in [3.05, 3.63) is 113 Å². The number of ketones is 1. The number of benzene rings is 3. The van der Waals surface area contributed by atoms with Crippen LogP contribution in [0.5, 0.6) is 0 Å². The minimum absolute atomic E-state index is 0.289. The Bertz CT molecular complexity index is 1230. The maximum atomic E-state index is 13.3. The molecule has 1 unspecified atom stereocenters. The number of H-pyrrole nitrogens is 1. The molecule has 0 spiro atoms. The number of nitrogens with one attached hydrogen (secondary N) is 1. The second-order valence-electron chi connectivity index (χ2n) is 6.73. The van der Waals surface area contributed by atoms with Crippen LogP contribution in [0.25, 0.3) is 17.0 Å². The van der Waals surface area contributed by atoms with Gasteiger partial charge in [-0.1, -0.05) is 72.3 Å². The minimum atomic E-state index is -1.05. The van der Waals surface area contributed by atoms with Gasteiger partial charge in [0.2, 0.25) is 5.78 Å². The summed E-state index contributed by atoms with van der Waals surface area (Å²) < 4.78 is 5.60. The van der Waals surface area contributed by atoms with Gasteiger partial charge in [0.25, 0.3) is 0 Å². The van der Waals surface area contributed by atoms with Crippen molar-refractivity contribution in [1.82, 2.24) is 4.98 Å². The second-order valence-corrected chi connectivity index (χ2v) is 7.16. The smallest absolute Gasteiger partial charge is 0.331 e. The fraction of sp³-hybridized carbons (Fsp3) is 0.0400. The highest BCUT2D eigenvalue weighted by Gasteiger charge is 2.27. The molecule has 0 aliphatic heterocycles. The fourth-order valence-corrected chi connectivity index (χ4v) is 3.45. The van der Waals surface area contributed by atoms with Crippen LogP contribution in [0.3, 0.4) is 0 Å². The van der Waals surface area contributed by atoms with E-state index in [-0.39, 0.29) is 5.78 Å². The van der Waals surface area contributed by atoms with E-state index in [0.717, 1.165) is 16.5 Å². The molecule has 0 bridgehead atoms. The number of rotatable bonds is 6. The summed E-state index contributed by atoms with van der Waals surface area (Å²) in [6.45, 7) is 0. The molecule has 4 aromatic rings. The molecular weight excluding hydrogens is 398 g/mol. The van der Waals surface area contributed by atoms with E-state index in [4.69, 9.17) is 16.3 Å². The molecule has 148 valence electrons. The van der Waals surface area contributed by atoms with E-state index >= 15 is 0 Å². The Hall–Kier alpha value is -3.63. The van der Waals surface area contributed by atoms with Crippen LogP contribution in [0.4, 0.5) is 0 Å². The molecule has 0 amide bonds. The number of aromatic nitrogens is 1. The van der Waals surface area contributed by atoms with Gasteiger partial charge in [-0.3, -0.25) is 4.79 Å². The van der Waals surface area contributed by atoms with E-state index in [1.165, 1.54) is 6.08 Å². The van der Waals surface area contributed by atoms with Gasteiger partial charge in [0.05, 0.1) is 0 Å². The number of carbonyl (C=O) groups is 2. The van der Waals surface area contributed by atoms with Crippen LogP contribution in [-0.2, 0) is 9.53 Å². The Morgan fingerprint density at radius 1 is 0.933 bits per heavy atom. The van der Waals surface area contributed by atoms with Crippen LogP contribution in [0.2, 0.25) is 5.02 Å². The summed E-state index contributed by atoms with van der Waals surface area (Å²) in [5, 5.41) is 1.36. The molecule has 0 saturated carbocycles. The summed E-state index contributed by atoms with van der Waals surface area (Å²) in [7, 11) is 0. The van der Waals surface area contributed by atoms with Crippen molar-refractivity contribution >= 4 is 40.3 Å². The Morgan fingerprint density at radius 2 is 1.70 bits per heavy atom. The first kappa shape index (κ1) is 19.7. The zero-order valence-corrected chi connectivity index (χ0v) is 16.7. The number of Topliss-reactive ketones (excluding diaryl/α,β-unsaturated/α-hetero) is 1. The van der Waals surface area contributed by atoms with Crippen molar-refractivity contribution in [3.8, 4) is 0 Å². The van der Waals surface area contributed by atoms with Crippen LogP contribution < -0.4 is 0 Å². The van der Waals surface area contributed by atoms with E-state index in [1.54, 1.807) is 54.7 Å². The third-order valence-electron chi connectivity index (χ3n) is 4.69. The fourth-order valence-electron chi connectivity index (χ4n) is 3.25. The molecule has 0 radical (unpaired) electrons. The predicted molar refractivity (Wildman–Crippen MR) is 118 cm³/mol. The molecule has 4 nitrogen and oxygen atoms in total. The number of hydrogen-bond acceptors (Lipinski definition) is 3. The van der Waals surface area contributed by atoms with Crippen LogP contribution >= 0.6 is 11.6 Å². The van der Waals surface area contributed by atoms with Gasteiger partial charge in [0.1, 0.15) is 0 Å². The SMILES string of the molecule is O=C(C=Cc1cccc(Cl)c1)OC(C(=O)c1c[nH]c2ccccc12)c1ccccc1. The van der Waals surface area contributed by atoms with Gasteiger partial charge in [0.15, 0.2) is 6.10 Å². The Balaban J connectivity index is 1.62. The summed E-state index contributed by atoms with van der Waals surface area (Å²) >= 11 is 5.97. The highest BCUT2D eigenvalue weighted by atomic mass is 35.5. The molecular formula is C25H18ClNO3. The van der Waals surface area contributed by atoms with Crippen molar-refractivity contribution in [2.24, 2.45) is 0 Å². The molecule has 1 heterocycles. The number of para-hydroxylation sites is 1. The van der Waals surface area contributed by atoms with E-state index in [0.29, 0.717) is 16.1 Å². The molecule has 3 aromatic carbocycles. The molecule has 0 fully saturated rings. The molecule has 0 saturated heterocycles. The van der Waals surface area contributed by atoms with E-state index in [1.807, 2.05) is 36.4 Å². The molecule has 5 heteroatoms. The highest BCUT2D eigenvalue weighted by Crippen LogP contribution is 2.27. The van der Waals surface area contributed by atoms with Gasteiger partial charge in [-0.15, -0.1) is 0 Å². The van der Waals surface area contributed by atoms with Crippen molar-refractivity contribution in [1.29, 1.82) is 0 Å². The van der Waals surface area contributed by atoms with Crippen molar-refractivity contribution < 1.29 is 14.3 Å². The second kappa shape index (κ2) is 8.80. The average Bonchev–Trinajstić information content (AvgIpc) is 3.20. The summed E-state index contributed by atoms with van der Waals surface area (Å²) in [5.74, 6) is -0.903. The lowest BCUT2D eigenvalue weighted by Gasteiger charge is -2.16. The monoisotopic (exact) mass is 415 g/mol. The van der Waals surface area contributed by atoms with Gasteiger partial charge in [0, 0.05) is 39.3 Å². The Morgan fingerprint density at radius 3 is 2.50 bits per heavy atom. The summed E-state index contributed by atoms with van der Waals surface area (Å²) in [6, 6.07) is 23.6. The van der Waals surface area contributed by atoms with Crippen LogP contribution in [0, 0.1) is 0 Å². The Kier molecular flexibility index (Phi) is 5.77. The van der Waals surface area contributed by atoms with E-state index < -0.39 is 12.1 Å². The number of hydrogen-bond donors (Lipinski definition) is 1. The van der Waals surface area contributed by atoms with Crippen LogP contribution in [-0.4, -0.2) is 16.7 Å². The van der Waals surface area contributed by atoms with Gasteiger partial charge < -0.3 is 9.72 Å². The molecule has 0 aliphatic rings.